The lowest BCUT2D eigenvalue weighted by atomic mass is 9.85. The van der Waals surface area contributed by atoms with Crippen LogP contribution in [0.1, 0.15) is 63.9 Å². The highest BCUT2D eigenvalue weighted by Gasteiger charge is 2.30. The summed E-state index contributed by atoms with van der Waals surface area (Å²) < 4.78 is 5.19. The molecule has 1 aliphatic heterocycles. The predicted octanol–water partition coefficient (Wildman–Crippen LogP) is 5.11. The molecule has 0 fully saturated rings. The van der Waals surface area contributed by atoms with Crippen LogP contribution < -0.4 is 5.32 Å². The maximum atomic E-state index is 12.0. The number of anilines is 1. The Kier molecular flexibility index (Phi) is 8.64. The lowest BCUT2D eigenvalue weighted by Gasteiger charge is -2.20. The Morgan fingerprint density at radius 1 is 1.24 bits per heavy atom. The number of aliphatic carboxylic acids is 1. The van der Waals surface area contributed by atoms with Crippen molar-refractivity contribution in [3.8, 4) is 0 Å². The summed E-state index contributed by atoms with van der Waals surface area (Å²) in [5.74, 6) is -0.332. The Morgan fingerprint density at radius 2 is 2.12 bits per heavy atom. The van der Waals surface area contributed by atoms with Gasteiger partial charge in [-0.3, -0.25) is 4.79 Å². The number of methoxy groups -OCH3 is 1. The van der Waals surface area contributed by atoms with Gasteiger partial charge in [-0.15, -0.1) is 22.7 Å². The van der Waals surface area contributed by atoms with Crippen LogP contribution in [0.25, 0.3) is 0 Å². The van der Waals surface area contributed by atoms with Crippen molar-refractivity contribution in [2.24, 2.45) is 5.92 Å². The largest absolute Gasteiger partial charge is 0.481 e. The molecule has 2 N–H and O–H groups in total. The summed E-state index contributed by atoms with van der Waals surface area (Å²) in [6.07, 6.45) is 8.07. The number of fused-ring (bicyclic) bond motifs is 1. The SMILES string of the molecule is CCC(C(=O)O)C(Cc1csc(CCCc2ccc3c(n2)NCCC3)n1)c1cnc(COC)s1. The molecule has 9 heteroatoms. The first-order valence-corrected chi connectivity index (χ1v) is 13.6. The Labute approximate surface area is 208 Å². The lowest BCUT2D eigenvalue weighted by molar-refractivity contribution is -0.142. The summed E-state index contributed by atoms with van der Waals surface area (Å²) in [6, 6.07) is 4.35. The molecule has 3 aromatic rings. The van der Waals surface area contributed by atoms with Crippen molar-refractivity contribution in [1.82, 2.24) is 15.0 Å². The molecule has 0 aliphatic carbocycles. The number of nitrogens with one attached hydrogen (secondary N) is 1. The van der Waals surface area contributed by atoms with Gasteiger partial charge in [0, 0.05) is 41.7 Å². The van der Waals surface area contributed by atoms with Crippen molar-refractivity contribution < 1.29 is 14.6 Å². The number of thiazole rings is 2. The zero-order valence-electron chi connectivity index (χ0n) is 19.7. The molecule has 182 valence electrons. The molecule has 7 nitrogen and oxygen atoms in total. The number of rotatable bonds is 12. The first-order chi connectivity index (χ1) is 16.6. The van der Waals surface area contributed by atoms with E-state index < -0.39 is 11.9 Å². The topological polar surface area (TPSA) is 97.2 Å². The van der Waals surface area contributed by atoms with Crippen molar-refractivity contribution >= 4 is 34.5 Å². The van der Waals surface area contributed by atoms with Crippen LogP contribution in [-0.4, -0.2) is 39.7 Å². The minimum atomic E-state index is -0.767. The number of carboxylic acids is 1. The zero-order valence-corrected chi connectivity index (χ0v) is 21.4. The highest BCUT2D eigenvalue weighted by molar-refractivity contribution is 7.11. The van der Waals surface area contributed by atoms with Crippen molar-refractivity contribution in [3.63, 3.8) is 0 Å². The van der Waals surface area contributed by atoms with Gasteiger partial charge >= 0.3 is 5.97 Å². The van der Waals surface area contributed by atoms with E-state index in [9.17, 15) is 9.90 Å². The minimum absolute atomic E-state index is 0.146. The number of nitrogens with zero attached hydrogens (tertiary/aromatic N) is 3. The van der Waals surface area contributed by atoms with Crippen molar-refractivity contribution in [2.75, 3.05) is 19.0 Å². The molecule has 2 unspecified atom stereocenters. The van der Waals surface area contributed by atoms with Gasteiger partial charge in [-0.25, -0.2) is 15.0 Å². The second-order valence-corrected chi connectivity index (χ2v) is 10.8. The van der Waals surface area contributed by atoms with Crippen molar-refractivity contribution in [2.45, 2.75) is 64.4 Å². The number of hydrogen-bond acceptors (Lipinski definition) is 8. The molecule has 0 spiro atoms. The molecule has 2 atom stereocenters. The molecule has 1 aliphatic rings. The smallest absolute Gasteiger partial charge is 0.307 e. The third-order valence-corrected chi connectivity index (χ3v) is 8.31. The first-order valence-electron chi connectivity index (χ1n) is 11.9. The van der Waals surface area contributed by atoms with Crippen LogP contribution in [0.5, 0.6) is 0 Å². The average Bonchev–Trinajstić information content (AvgIpc) is 3.48. The fraction of sp³-hybridized carbons (Fsp3) is 0.520. The molecule has 4 rings (SSSR count). The number of ether oxygens (including phenoxy) is 1. The fourth-order valence-electron chi connectivity index (χ4n) is 4.47. The van der Waals surface area contributed by atoms with Crippen LogP contribution in [0.4, 0.5) is 5.82 Å². The predicted molar refractivity (Wildman–Crippen MR) is 136 cm³/mol. The summed E-state index contributed by atoms with van der Waals surface area (Å²) in [5.41, 5.74) is 3.40. The van der Waals surface area contributed by atoms with Gasteiger partial charge in [-0.05, 0) is 56.6 Å². The van der Waals surface area contributed by atoms with E-state index in [1.165, 1.54) is 23.3 Å². The molecule has 0 saturated heterocycles. The van der Waals surface area contributed by atoms with Gasteiger partial charge in [0.05, 0.1) is 23.2 Å². The van der Waals surface area contributed by atoms with Crippen molar-refractivity contribution in [3.05, 3.63) is 55.6 Å². The normalized spacial score (nSPS) is 14.9. The summed E-state index contributed by atoms with van der Waals surface area (Å²) in [7, 11) is 1.64. The molecular formula is C25H32N4O3S2. The molecule has 4 heterocycles. The quantitative estimate of drug-likeness (QED) is 0.357. The van der Waals surface area contributed by atoms with Crippen LogP contribution in [0.15, 0.2) is 23.7 Å². The van der Waals surface area contributed by atoms with E-state index in [0.29, 0.717) is 19.4 Å². The Bertz CT molecular complexity index is 1100. The van der Waals surface area contributed by atoms with E-state index in [1.54, 1.807) is 18.4 Å². The number of carbonyl (C=O) groups is 1. The van der Waals surface area contributed by atoms with Crippen LogP contribution in [0.3, 0.4) is 0 Å². The average molecular weight is 501 g/mol. The number of aryl methyl sites for hydroxylation is 3. The Morgan fingerprint density at radius 3 is 2.91 bits per heavy atom. The second-order valence-electron chi connectivity index (χ2n) is 8.68. The summed E-state index contributed by atoms with van der Waals surface area (Å²) in [5, 5.41) is 17.3. The molecule has 3 aromatic heterocycles. The maximum absolute atomic E-state index is 12.0. The molecule has 0 saturated carbocycles. The van der Waals surface area contributed by atoms with Crippen LogP contribution in [0, 0.1) is 5.92 Å². The molecule has 0 bridgehead atoms. The highest BCUT2D eigenvalue weighted by atomic mass is 32.1. The van der Waals surface area contributed by atoms with Gasteiger partial charge in [-0.1, -0.05) is 13.0 Å². The lowest BCUT2D eigenvalue weighted by Crippen LogP contribution is -2.22. The van der Waals surface area contributed by atoms with Crippen LogP contribution in [0.2, 0.25) is 0 Å². The summed E-state index contributed by atoms with van der Waals surface area (Å²) in [6.45, 7) is 3.37. The Hall–Kier alpha value is -2.36. The molecule has 0 radical (unpaired) electrons. The van der Waals surface area contributed by atoms with Crippen LogP contribution in [-0.2, 0) is 41.8 Å². The molecule has 0 aromatic carbocycles. The number of hydrogen-bond donors (Lipinski definition) is 2. The van der Waals surface area contributed by atoms with E-state index >= 15 is 0 Å². The van der Waals surface area contributed by atoms with Crippen molar-refractivity contribution in [1.29, 1.82) is 0 Å². The van der Waals surface area contributed by atoms with E-state index in [2.05, 4.69) is 27.8 Å². The van der Waals surface area contributed by atoms with Gasteiger partial charge in [0.15, 0.2) is 0 Å². The Balaban J connectivity index is 1.38. The second kappa shape index (κ2) is 11.9. The zero-order chi connectivity index (χ0) is 23.9. The summed E-state index contributed by atoms with van der Waals surface area (Å²) in [4.78, 5) is 27.0. The third-order valence-electron chi connectivity index (χ3n) is 6.25. The monoisotopic (exact) mass is 500 g/mol. The molecular weight excluding hydrogens is 468 g/mol. The van der Waals surface area contributed by atoms with Gasteiger partial charge in [0.1, 0.15) is 10.8 Å². The highest BCUT2D eigenvalue weighted by Crippen LogP contribution is 2.35. The summed E-state index contributed by atoms with van der Waals surface area (Å²) >= 11 is 3.20. The standard InChI is InChI=1S/C25H32N4O3S2/c1-3-19(25(30)31)20(21-13-27-23(34-21)14-32-2)12-18-15-33-22(28-18)8-4-7-17-10-9-16-6-5-11-26-24(16)29-17/h9-10,13,15,19-20H,3-8,11-12,14H2,1-2H3,(H,26,29)(H,30,31). The number of aromatic nitrogens is 3. The van der Waals surface area contributed by atoms with Gasteiger partial charge in [-0.2, -0.15) is 0 Å². The molecule has 0 amide bonds. The third kappa shape index (κ3) is 6.20. The van der Waals surface area contributed by atoms with E-state index in [1.807, 2.05) is 13.1 Å². The number of carboxylic acid groups (broad SMARTS) is 1. The van der Waals surface area contributed by atoms with Crippen LogP contribution >= 0.6 is 22.7 Å². The van der Waals surface area contributed by atoms with E-state index in [0.717, 1.165) is 64.3 Å². The maximum Gasteiger partial charge on any atom is 0.307 e. The molecule has 34 heavy (non-hydrogen) atoms. The fourth-order valence-corrected chi connectivity index (χ4v) is 6.38. The van der Waals surface area contributed by atoms with Gasteiger partial charge in [0.2, 0.25) is 0 Å². The first kappa shape index (κ1) is 24.8. The van der Waals surface area contributed by atoms with E-state index in [-0.39, 0.29) is 5.92 Å². The minimum Gasteiger partial charge on any atom is -0.481 e. The van der Waals surface area contributed by atoms with Gasteiger partial charge in [0.25, 0.3) is 0 Å². The van der Waals surface area contributed by atoms with Gasteiger partial charge < -0.3 is 15.2 Å². The number of pyridine rings is 1. The van der Waals surface area contributed by atoms with E-state index in [4.69, 9.17) is 14.7 Å².